The van der Waals surface area contributed by atoms with Crippen LogP contribution >= 0.6 is 0 Å². The average Bonchev–Trinajstić information content (AvgIpc) is 3.20. The Morgan fingerprint density at radius 1 is 0.963 bits per heavy atom. The summed E-state index contributed by atoms with van der Waals surface area (Å²) in [5.74, 6) is 2.12. The van der Waals surface area contributed by atoms with Gasteiger partial charge in [-0.05, 0) is 59.7 Å². The molecule has 3 aromatic rings. The first kappa shape index (κ1) is 17.4. The molecule has 27 heavy (non-hydrogen) atoms. The van der Waals surface area contributed by atoms with Gasteiger partial charge in [0, 0.05) is 13.1 Å². The van der Waals surface area contributed by atoms with E-state index < -0.39 is 5.60 Å². The van der Waals surface area contributed by atoms with Crippen molar-refractivity contribution < 1.29 is 14.9 Å². The van der Waals surface area contributed by atoms with Gasteiger partial charge in [0.1, 0.15) is 11.5 Å². The number of aliphatic hydroxyl groups excluding tert-OH is 1. The van der Waals surface area contributed by atoms with Crippen molar-refractivity contribution in [3.63, 3.8) is 0 Å². The summed E-state index contributed by atoms with van der Waals surface area (Å²) >= 11 is 0. The van der Waals surface area contributed by atoms with Crippen LogP contribution in [-0.2, 0) is 0 Å². The number of hydrogen-bond acceptors (Lipinski definition) is 7. The van der Waals surface area contributed by atoms with Crippen LogP contribution in [0.3, 0.4) is 0 Å². The van der Waals surface area contributed by atoms with Gasteiger partial charge < -0.3 is 19.8 Å². The zero-order valence-electron chi connectivity index (χ0n) is 14.8. The molecule has 0 radical (unpaired) electrons. The molecule has 2 heterocycles. The molecule has 1 aromatic heterocycles. The van der Waals surface area contributed by atoms with Gasteiger partial charge in [0.25, 0.3) is 0 Å². The third-order valence-corrected chi connectivity index (χ3v) is 4.78. The molecule has 8 heteroatoms. The third kappa shape index (κ3) is 3.76. The summed E-state index contributed by atoms with van der Waals surface area (Å²) < 4.78 is 7.47. The van der Waals surface area contributed by atoms with E-state index in [1.54, 1.807) is 4.68 Å². The maximum atomic E-state index is 10.2. The fourth-order valence-corrected chi connectivity index (χ4v) is 3.11. The van der Waals surface area contributed by atoms with E-state index in [0.717, 1.165) is 17.2 Å². The number of hydrogen-bond donors (Lipinski definition) is 2. The summed E-state index contributed by atoms with van der Waals surface area (Å²) in [6.07, 6.45) is 0.945. The van der Waals surface area contributed by atoms with Crippen LogP contribution in [0.15, 0.2) is 54.6 Å². The smallest absolute Gasteiger partial charge is 0.250 e. The van der Waals surface area contributed by atoms with Gasteiger partial charge in [0.15, 0.2) is 0 Å². The molecule has 1 fully saturated rings. The Morgan fingerprint density at radius 2 is 1.63 bits per heavy atom. The van der Waals surface area contributed by atoms with Crippen LogP contribution < -0.4 is 9.64 Å². The molecule has 1 aliphatic rings. The van der Waals surface area contributed by atoms with Crippen molar-refractivity contribution in [2.45, 2.75) is 18.4 Å². The summed E-state index contributed by atoms with van der Waals surface area (Å²) in [5.41, 5.74) is -0.191. The Balaban J connectivity index is 1.49. The Labute approximate surface area is 156 Å². The molecular weight excluding hydrogens is 346 g/mol. The molecule has 8 nitrogen and oxygen atoms in total. The molecule has 0 amide bonds. The molecule has 2 N–H and O–H groups in total. The fraction of sp³-hybridized carbons (Fsp3) is 0.316. The number of para-hydroxylation sites is 1. The largest absolute Gasteiger partial charge is 0.457 e. The molecule has 1 aliphatic heterocycles. The van der Waals surface area contributed by atoms with E-state index in [1.807, 2.05) is 59.5 Å². The Bertz CT molecular complexity index is 874. The van der Waals surface area contributed by atoms with Crippen LogP contribution in [0.25, 0.3) is 5.69 Å². The number of aromatic nitrogens is 4. The van der Waals surface area contributed by atoms with Crippen LogP contribution in [-0.4, -0.2) is 55.7 Å². The molecule has 0 bridgehead atoms. The van der Waals surface area contributed by atoms with Gasteiger partial charge in [0.05, 0.1) is 17.9 Å². The third-order valence-electron chi connectivity index (χ3n) is 4.78. The quantitative estimate of drug-likeness (QED) is 0.709. The van der Waals surface area contributed by atoms with Crippen LogP contribution in [0.4, 0.5) is 5.95 Å². The average molecular weight is 367 g/mol. The first-order valence-corrected chi connectivity index (χ1v) is 8.87. The minimum atomic E-state index is -1.01. The lowest BCUT2D eigenvalue weighted by Gasteiger charge is -2.36. The molecule has 4 rings (SSSR count). The predicted molar refractivity (Wildman–Crippen MR) is 99.2 cm³/mol. The Hall–Kier alpha value is -2.97. The summed E-state index contributed by atoms with van der Waals surface area (Å²) in [5, 5.41) is 31.5. The molecule has 0 atom stereocenters. The van der Waals surface area contributed by atoms with Crippen molar-refractivity contribution in [1.29, 1.82) is 0 Å². The molecule has 1 saturated heterocycles. The van der Waals surface area contributed by atoms with E-state index in [1.165, 1.54) is 0 Å². The number of tetrazole rings is 1. The number of benzene rings is 2. The van der Waals surface area contributed by atoms with Crippen LogP contribution in [0.2, 0.25) is 0 Å². The van der Waals surface area contributed by atoms with Crippen molar-refractivity contribution in [2.24, 2.45) is 0 Å². The van der Waals surface area contributed by atoms with Crippen molar-refractivity contribution in [3.05, 3.63) is 54.6 Å². The van der Waals surface area contributed by atoms with Crippen molar-refractivity contribution in [2.75, 3.05) is 24.6 Å². The summed E-state index contributed by atoms with van der Waals surface area (Å²) in [6.45, 7) is 0.925. The molecular formula is C19H21N5O3. The van der Waals surface area contributed by atoms with Crippen LogP contribution in [0, 0.1) is 0 Å². The normalized spacial score (nSPS) is 16.3. The summed E-state index contributed by atoms with van der Waals surface area (Å²) in [7, 11) is 0. The molecule has 140 valence electrons. The van der Waals surface area contributed by atoms with E-state index >= 15 is 0 Å². The molecule has 0 aliphatic carbocycles. The van der Waals surface area contributed by atoms with Gasteiger partial charge in [-0.1, -0.05) is 23.3 Å². The van der Waals surface area contributed by atoms with Crippen LogP contribution in [0.1, 0.15) is 12.8 Å². The molecule has 0 unspecified atom stereocenters. The fourth-order valence-electron chi connectivity index (χ4n) is 3.11. The van der Waals surface area contributed by atoms with E-state index in [9.17, 15) is 10.2 Å². The van der Waals surface area contributed by atoms with E-state index in [0.29, 0.717) is 31.9 Å². The Kier molecular flexibility index (Phi) is 4.74. The maximum absolute atomic E-state index is 10.2. The highest BCUT2D eigenvalue weighted by atomic mass is 16.5. The van der Waals surface area contributed by atoms with Gasteiger partial charge in [-0.3, -0.25) is 0 Å². The van der Waals surface area contributed by atoms with Crippen molar-refractivity contribution in [3.8, 4) is 17.2 Å². The van der Waals surface area contributed by atoms with E-state index in [-0.39, 0.29) is 6.61 Å². The zero-order chi connectivity index (χ0) is 18.7. The first-order valence-electron chi connectivity index (χ1n) is 8.87. The first-order chi connectivity index (χ1) is 13.2. The molecule has 0 spiro atoms. The van der Waals surface area contributed by atoms with Crippen LogP contribution in [0.5, 0.6) is 11.5 Å². The lowest BCUT2D eigenvalue weighted by Crippen LogP contribution is -2.47. The van der Waals surface area contributed by atoms with Gasteiger partial charge in [0.2, 0.25) is 5.95 Å². The summed E-state index contributed by atoms with van der Waals surface area (Å²) in [4.78, 5) is 2.01. The van der Waals surface area contributed by atoms with E-state index in [2.05, 4.69) is 15.5 Å². The molecule has 0 saturated carbocycles. The second-order valence-corrected chi connectivity index (χ2v) is 6.67. The maximum Gasteiger partial charge on any atom is 0.250 e. The van der Waals surface area contributed by atoms with Crippen molar-refractivity contribution >= 4 is 5.95 Å². The monoisotopic (exact) mass is 367 g/mol. The lowest BCUT2D eigenvalue weighted by molar-refractivity contribution is -0.0327. The zero-order valence-corrected chi connectivity index (χ0v) is 14.8. The van der Waals surface area contributed by atoms with Gasteiger partial charge in [-0.25, -0.2) is 0 Å². The van der Waals surface area contributed by atoms with Gasteiger partial charge in [-0.15, -0.1) is 0 Å². The summed E-state index contributed by atoms with van der Waals surface area (Å²) in [6, 6.07) is 17.1. The topological polar surface area (TPSA) is 96.5 Å². The lowest BCUT2D eigenvalue weighted by atomic mass is 9.93. The molecule has 2 aromatic carbocycles. The number of anilines is 1. The second kappa shape index (κ2) is 7.34. The number of nitrogens with zero attached hydrogens (tertiary/aromatic N) is 5. The highest BCUT2D eigenvalue weighted by Crippen LogP contribution is 2.27. The highest BCUT2D eigenvalue weighted by molar-refractivity contribution is 5.44. The Morgan fingerprint density at radius 3 is 2.30 bits per heavy atom. The van der Waals surface area contributed by atoms with Gasteiger partial charge in [-0.2, -0.15) is 4.68 Å². The standard InChI is InChI=1S/C19H21N5O3/c25-14-19(26)10-12-23(13-11-19)18-20-21-22-24(18)15-6-8-17(9-7-15)27-16-4-2-1-3-5-16/h1-9,25-26H,10-14H2. The minimum Gasteiger partial charge on any atom is -0.457 e. The number of aliphatic hydroxyl groups is 2. The minimum absolute atomic E-state index is 0.228. The number of piperidine rings is 1. The second-order valence-electron chi connectivity index (χ2n) is 6.67. The number of ether oxygens (including phenoxy) is 1. The predicted octanol–water partition coefficient (Wildman–Crippen LogP) is 1.78. The van der Waals surface area contributed by atoms with Crippen molar-refractivity contribution in [1.82, 2.24) is 20.2 Å². The van der Waals surface area contributed by atoms with E-state index in [4.69, 9.17) is 4.74 Å². The van der Waals surface area contributed by atoms with Gasteiger partial charge >= 0.3 is 0 Å². The SMILES string of the molecule is OCC1(O)CCN(c2nnnn2-c2ccc(Oc3ccccc3)cc2)CC1. The number of rotatable bonds is 5. The highest BCUT2D eigenvalue weighted by Gasteiger charge is 2.33.